The highest BCUT2D eigenvalue weighted by Gasteiger charge is 2.31. The van der Waals surface area contributed by atoms with Crippen LogP contribution in [0.4, 0.5) is 0 Å². The van der Waals surface area contributed by atoms with Gasteiger partial charge in [-0.25, -0.2) is 0 Å². The number of hydrogen-bond donors (Lipinski definition) is 2. The first-order valence-corrected chi connectivity index (χ1v) is 7.14. The van der Waals surface area contributed by atoms with E-state index in [9.17, 15) is 4.79 Å². The Morgan fingerprint density at radius 2 is 2.45 bits per heavy atom. The van der Waals surface area contributed by atoms with Gasteiger partial charge < -0.3 is 14.8 Å². The van der Waals surface area contributed by atoms with Gasteiger partial charge in [-0.1, -0.05) is 0 Å². The zero-order valence-corrected chi connectivity index (χ0v) is 12.6. The third-order valence-electron chi connectivity index (χ3n) is 3.58. The minimum Gasteiger partial charge on any atom is -0.482 e. The van der Waals surface area contributed by atoms with Gasteiger partial charge >= 0.3 is 0 Å². The van der Waals surface area contributed by atoms with E-state index < -0.39 is 0 Å². The molecule has 8 heteroatoms. The topological polar surface area (TPSA) is 94.1 Å². The van der Waals surface area contributed by atoms with Gasteiger partial charge in [0.1, 0.15) is 6.10 Å². The quantitative estimate of drug-likeness (QED) is 0.808. The van der Waals surface area contributed by atoms with Crippen LogP contribution in [0.3, 0.4) is 0 Å². The number of aromatic nitrogens is 4. The highest BCUT2D eigenvalue weighted by molar-refractivity contribution is 5.78. The molecule has 1 aliphatic heterocycles. The number of nitrogens with zero attached hydrogens (tertiary/aromatic N) is 3. The Balaban J connectivity index is 1.57. The van der Waals surface area contributed by atoms with Crippen LogP contribution in [0.5, 0.6) is 5.75 Å². The predicted octanol–water partition coefficient (Wildman–Crippen LogP) is -0.0433. The van der Waals surface area contributed by atoms with E-state index in [0.717, 1.165) is 11.4 Å². The molecule has 3 heterocycles. The molecule has 2 aromatic rings. The van der Waals surface area contributed by atoms with Crippen molar-refractivity contribution in [2.75, 3.05) is 13.2 Å². The van der Waals surface area contributed by atoms with Crippen LogP contribution in [0.2, 0.25) is 0 Å². The number of aromatic amines is 1. The van der Waals surface area contributed by atoms with E-state index in [1.807, 2.05) is 20.0 Å². The molecule has 2 N–H and O–H groups in total. The summed E-state index contributed by atoms with van der Waals surface area (Å²) in [4.78, 5) is 12.2. The lowest BCUT2D eigenvalue weighted by Gasteiger charge is -2.19. The largest absolute Gasteiger partial charge is 0.482 e. The smallest absolute Gasteiger partial charge is 0.226 e. The van der Waals surface area contributed by atoms with Crippen molar-refractivity contribution in [3.63, 3.8) is 0 Å². The molecule has 0 aromatic carbocycles. The van der Waals surface area contributed by atoms with Crippen molar-refractivity contribution in [2.45, 2.75) is 25.5 Å². The van der Waals surface area contributed by atoms with E-state index >= 15 is 0 Å². The number of H-pyrrole nitrogens is 1. The van der Waals surface area contributed by atoms with Crippen LogP contribution in [-0.4, -0.2) is 51.2 Å². The van der Waals surface area contributed by atoms with Gasteiger partial charge in [-0.05, 0) is 13.0 Å². The molecule has 0 spiro atoms. The van der Waals surface area contributed by atoms with Crippen molar-refractivity contribution >= 4 is 5.91 Å². The van der Waals surface area contributed by atoms with Gasteiger partial charge in [-0.15, -0.1) is 0 Å². The number of carbonyl (C=O) groups excluding carboxylic acids is 1. The number of carbonyl (C=O) groups is 1. The number of nitrogens with one attached hydrogen (secondary N) is 2. The number of amides is 1. The SMILES string of the molecule is Cc1cc(CC(=O)N[C@H]2COC[C@H]2Oc2cn[nH]c2)n(C)n1. The molecular weight excluding hydrogens is 286 g/mol. The van der Waals surface area contributed by atoms with Gasteiger partial charge in [0, 0.05) is 12.7 Å². The van der Waals surface area contributed by atoms with Crippen LogP contribution in [-0.2, 0) is 23.0 Å². The molecule has 118 valence electrons. The lowest BCUT2D eigenvalue weighted by Crippen LogP contribution is -2.45. The van der Waals surface area contributed by atoms with E-state index in [-0.39, 0.29) is 24.5 Å². The van der Waals surface area contributed by atoms with Crippen LogP contribution in [0.1, 0.15) is 11.4 Å². The summed E-state index contributed by atoms with van der Waals surface area (Å²) >= 11 is 0. The Morgan fingerprint density at radius 1 is 1.59 bits per heavy atom. The molecule has 0 unspecified atom stereocenters. The fourth-order valence-corrected chi connectivity index (χ4v) is 2.52. The highest BCUT2D eigenvalue weighted by Crippen LogP contribution is 2.15. The molecule has 0 saturated carbocycles. The molecule has 22 heavy (non-hydrogen) atoms. The van der Waals surface area contributed by atoms with Crippen LogP contribution < -0.4 is 10.1 Å². The molecule has 1 fully saturated rings. The second-order valence-corrected chi connectivity index (χ2v) is 5.38. The van der Waals surface area contributed by atoms with Gasteiger partial charge in [0.15, 0.2) is 5.75 Å². The van der Waals surface area contributed by atoms with Crippen molar-refractivity contribution in [1.82, 2.24) is 25.3 Å². The Morgan fingerprint density at radius 3 is 3.14 bits per heavy atom. The minimum atomic E-state index is -0.213. The number of hydrogen-bond acceptors (Lipinski definition) is 5. The first-order chi connectivity index (χ1) is 10.6. The van der Waals surface area contributed by atoms with E-state index in [1.165, 1.54) is 0 Å². The van der Waals surface area contributed by atoms with Gasteiger partial charge in [0.2, 0.25) is 5.91 Å². The van der Waals surface area contributed by atoms with E-state index in [2.05, 4.69) is 20.6 Å². The molecule has 8 nitrogen and oxygen atoms in total. The van der Waals surface area contributed by atoms with Crippen LogP contribution in [0, 0.1) is 6.92 Å². The highest BCUT2D eigenvalue weighted by atomic mass is 16.5. The van der Waals surface area contributed by atoms with Gasteiger partial charge in [-0.3, -0.25) is 14.6 Å². The van der Waals surface area contributed by atoms with Gasteiger partial charge in [0.25, 0.3) is 0 Å². The minimum absolute atomic E-state index is 0.0701. The third-order valence-corrected chi connectivity index (χ3v) is 3.58. The van der Waals surface area contributed by atoms with Crippen molar-refractivity contribution in [2.24, 2.45) is 7.05 Å². The molecule has 0 radical (unpaired) electrons. The summed E-state index contributed by atoms with van der Waals surface area (Å²) < 4.78 is 12.9. The molecular formula is C14H19N5O3. The first kappa shape index (κ1) is 14.6. The normalized spacial score (nSPS) is 21.0. The Hall–Kier alpha value is -2.35. The summed E-state index contributed by atoms with van der Waals surface area (Å²) in [5.74, 6) is 0.566. The molecule has 3 rings (SSSR count). The molecule has 2 atom stereocenters. The molecule has 2 aromatic heterocycles. The Bertz CT molecular complexity index is 637. The number of ether oxygens (including phenoxy) is 2. The average molecular weight is 305 g/mol. The first-order valence-electron chi connectivity index (χ1n) is 7.14. The lowest BCUT2D eigenvalue weighted by atomic mass is 10.2. The zero-order valence-electron chi connectivity index (χ0n) is 12.6. The fraction of sp³-hybridized carbons (Fsp3) is 0.500. The van der Waals surface area contributed by atoms with Crippen LogP contribution in [0.15, 0.2) is 18.5 Å². The summed E-state index contributed by atoms with van der Waals surface area (Å²) in [6, 6.07) is 1.74. The van der Waals surface area contributed by atoms with Crippen molar-refractivity contribution in [3.8, 4) is 5.75 Å². The average Bonchev–Trinajstić information content (AvgIpc) is 3.16. The number of rotatable bonds is 5. The molecule has 0 aliphatic carbocycles. The Labute approximate surface area is 127 Å². The zero-order chi connectivity index (χ0) is 15.5. The van der Waals surface area contributed by atoms with Crippen molar-refractivity contribution in [3.05, 3.63) is 29.8 Å². The fourth-order valence-electron chi connectivity index (χ4n) is 2.52. The maximum atomic E-state index is 12.2. The van der Waals surface area contributed by atoms with Gasteiger partial charge in [0.05, 0.1) is 43.8 Å². The summed E-state index contributed by atoms with van der Waals surface area (Å²) in [5, 5.41) is 13.7. The molecule has 1 saturated heterocycles. The molecule has 0 bridgehead atoms. The second kappa shape index (κ2) is 6.18. The van der Waals surface area contributed by atoms with E-state index in [0.29, 0.717) is 19.0 Å². The molecule has 1 amide bonds. The van der Waals surface area contributed by atoms with Crippen molar-refractivity contribution < 1.29 is 14.3 Å². The van der Waals surface area contributed by atoms with E-state index in [4.69, 9.17) is 9.47 Å². The standard InChI is InChI=1S/C14H19N5O3/c1-9-3-10(19(2)18-9)4-14(20)17-12-7-21-8-13(12)22-11-5-15-16-6-11/h3,5-6,12-13H,4,7-8H2,1-2H3,(H,15,16)(H,17,20)/t12-,13+/m0/s1. The molecule has 1 aliphatic rings. The van der Waals surface area contributed by atoms with E-state index in [1.54, 1.807) is 17.1 Å². The summed E-state index contributed by atoms with van der Waals surface area (Å²) in [7, 11) is 1.83. The number of aryl methyl sites for hydroxylation is 2. The Kier molecular flexibility index (Phi) is 4.10. The monoisotopic (exact) mass is 305 g/mol. The third kappa shape index (κ3) is 3.28. The maximum absolute atomic E-state index is 12.2. The summed E-state index contributed by atoms with van der Waals surface area (Å²) in [5.41, 5.74) is 1.77. The van der Waals surface area contributed by atoms with Crippen molar-refractivity contribution in [1.29, 1.82) is 0 Å². The van der Waals surface area contributed by atoms with Gasteiger partial charge in [-0.2, -0.15) is 10.2 Å². The second-order valence-electron chi connectivity index (χ2n) is 5.38. The van der Waals surface area contributed by atoms with Crippen LogP contribution in [0.25, 0.3) is 0 Å². The van der Waals surface area contributed by atoms with Crippen LogP contribution >= 0.6 is 0 Å². The summed E-state index contributed by atoms with van der Waals surface area (Å²) in [6.45, 7) is 2.79. The lowest BCUT2D eigenvalue weighted by molar-refractivity contribution is -0.121. The summed E-state index contributed by atoms with van der Waals surface area (Å²) in [6.07, 6.45) is 3.33. The maximum Gasteiger partial charge on any atom is 0.226 e. The predicted molar refractivity (Wildman–Crippen MR) is 77.4 cm³/mol.